The second-order valence-electron chi connectivity index (χ2n) is 8.40. The summed E-state index contributed by atoms with van der Waals surface area (Å²) in [5.74, 6) is 0.849. The number of rotatable bonds is 4. The highest BCUT2D eigenvalue weighted by molar-refractivity contribution is 5.75. The van der Waals surface area contributed by atoms with Gasteiger partial charge in [0.1, 0.15) is 6.10 Å². The van der Waals surface area contributed by atoms with Crippen LogP contribution in [0.5, 0.6) is 0 Å². The minimum Gasteiger partial charge on any atom is -0.462 e. The van der Waals surface area contributed by atoms with Gasteiger partial charge in [0.15, 0.2) is 0 Å². The molecule has 2 aliphatic carbocycles. The Morgan fingerprint density at radius 1 is 1.48 bits per heavy atom. The molecule has 0 spiro atoms. The molecule has 3 fully saturated rings. The zero-order chi connectivity index (χ0) is 17.4. The van der Waals surface area contributed by atoms with E-state index in [0.717, 1.165) is 31.4 Å². The van der Waals surface area contributed by atoms with Gasteiger partial charge in [0.05, 0.1) is 5.92 Å². The highest BCUT2D eigenvalue weighted by atomic mass is 16.6. The Labute approximate surface area is 150 Å². The number of aromatic nitrogens is 1. The Morgan fingerprint density at radius 2 is 2.36 bits per heavy atom. The van der Waals surface area contributed by atoms with Gasteiger partial charge in [-0.05, 0) is 55.1 Å². The summed E-state index contributed by atoms with van der Waals surface area (Å²) in [6.07, 6.45) is 9.42. The van der Waals surface area contributed by atoms with E-state index in [-0.39, 0.29) is 23.4 Å². The van der Waals surface area contributed by atoms with Crippen LogP contribution in [0.1, 0.15) is 44.6 Å². The second kappa shape index (κ2) is 6.56. The molecule has 134 valence electrons. The zero-order valence-electron chi connectivity index (χ0n) is 15.0. The van der Waals surface area contributed by atoms with Crippen molar-refractivity contribution in [1.29, 1.82) is 0 Å². The molecule has 2 heterocycles. The van der Waals surface area contributed by atoms with Gasteiger partial charge in [-0.2, -0.15) is 0 Å². The number of hydrogen-bond donors (Lipinski definition) is 1. The summed E-state index contributed by atoms with van der Waals surface area (Å²) in [6, 6.07) is 3.99. The maximum atomic E-state index is 12.5. The molecule has 1 aromatic rings. The highest BCUT2D eigenvalue weighted by Gasteiger charge is 2.54. The van der Waals surface area contributed by atoms with Crippen LogP contribution in [0, 0.1) is 23.2 Å². The van der Waals surface area contributed by atoms with Gasteiger partial charge in [-0.25, -0.2) is 0 Å². The summed E-state index contributed by atoms with van der Waals surface area (Å²) < 4.78 is 5.81. The number of nitrogens with one attached hydrogen (secondary N) is 1. The van der Waals surface area contributed by atoms with Crippen molar-refractivity contribution in [3.63, 3.8) is 0 Å². The lowest BCUT2D eigenvalue weighted by Gasteiger charge is -2.50. The number of pyridine rings is 1. The van der Waals surface area contributed by atoms with Crippen molar-refractivity contribution in [2.45, 2.75) is 51.7 Å². The largest absolute Gasteiger partial charge is 0.462 e. The van der Waals surface area contributed by atoms with Crippen LogP contribution in [0.15, 0.2) is 36.7 Å². The molecule has 2 saturated carbocycles. The summed E-state index contributed by atoms with van der Waals surface area (Å²) in [5, 5.41) is 3.44. The quantitative estimate of drug-likeness (QED) is 0.673. The maximum Gasteiger partial charge on any atom is 0.310 e. The minimum absolute atomic E-state index is 0.0125. The smallest absolute Gasteiger partial charge is 0.310 e. The number of nitrogens with zero attached hydrogens (tertiary/aromatic N) is 1. The van der Waals surface area contributed by atoms with E-state index in [2.05, 4.69) is 23.8 Å². The predicted molar refractivity (Wildman–Crippen MR) is 96.6 cm³/mol. The summed E-state index contributed by atoms with van der Waals surface area (Å²) in [5.41, 5.74) is 2.81. The lowest BCUT2D eigenvalue weighted by atomic mass is 9.55. The minimum atomic E-state index is -0.0269. The van der Waals surface area contributed by atoms with Gasteiger partial charge >= 0.3 is 5.97 Å². The van der Waals surface area contributed by atoms with Crippen LogP contribution in [-0.4, -0.2) is 23.6 Å². The van der Waals surface area contributed by atoms with Crippen molar-refractivity contribution >= 4 is 5.97 Å². The van der Waals surface area contributed by atoms with Crippen LogP contribution in [-0.2, 0) is 16.1 Å². The number of ether oxygens (including phenoxy) is 1. The molecule has 5 atom stereocenters. The predicted octanol–water partition coefficient (Wildman–Crippen LogP) is 3.49. The first-order valence-corrected chi connectivity index (χ1v) is 9.54. The van der Waals surface area contributed by atoms with Gasteiger partial charge in [-0.3, -0.25) is 9.78 Å². The monoisotopic (exact) mass is 340 g/mol. The first kappa shape index (κ1) is 16.8. The van der Waals surface area contributed by atoms with E-state index in [0.29, 0.717) is 18.4 Å². The van der Waals surface area contributed by atoms with E-state index in [4.69, 9.17) is 4.74 Å². The molecule has 0 amide bonds. The van der Waals surface area contributed by atoms with Gasteiger partial charge in [0.25, 0.3) is 0 Å². The van der Waals surface area contributed by atoms with Crippen LogP contribution in [0.2, 0.25) is 0 Å². The molecular formula is C21H28N2O2. The number of fused-ring (bicyclic) bond motifs is 2. The van der Waals surface area contributed by atoms with E-state index >= 15 is 0 Å². The van der Waals surface area contributed by atoms with E-state index in [9.17, 15) is 4.79 Å². The van der Waals surface area contributed by atoms with Crippen molar-refractivity contribution < 1.29 is 9.53 Å². The summed E-state index contributed by atoms with van der Waals surface area (Å²) >= 11 is 0. The average Bonchev–Trinajstić information content (AvgIpc) is 2.88. The normalized spacial score (nSPS) is 37.3. The SMILES string of the molecule is C=C1CCCC2(C)CC3OC(=O)C(CNCc4cccnc4)C3CC12. The van der Waals surface area contributed by atoms with Crippen molar-refractivity contribution in [3.05, 3.63) is 42.2 Å². The average molecular weight is 340 g/mol. The van der Waals surface area contributed by atoms with Crippen LogP contribution < -0.4 is 5.32 Å². The zero-order valence-corrected chi connectivity index (χ0v) is 15.0. The van der Waals surface area contributed by atoms with Crippen LogP contribution >= 0.6 is 0 Å². The van der Waals surface area contributed by atoms with Gasteiger partial charge < -0.3 is 10.1 Å². The fourth-order valence-electron chi connectivity index (χ4n) is 5.36. The Hall–Kier alpha value is -1.68. The Bertz CT molecular complexity index is 659. The van der Waals surface area contributed by atoms with Crippen molar-refractivity contribution in [1.82, 2.24) is 10.3 Å². The number of allylic oxidation sites excluding steroid dienone is 1. The molecule has 1 aliphatic heterocycles. The molecule has 0 aromatic carbocycles. The second-order valence-corrected chi connectivity index (χ2v) is 8.40. The number of esters is 1. The third kappa shape index (κ3) is 3.12. The molecule has 4 rings (SSSR count). The highest BCUT2D eigenvalue weighted by Crippen LogP contribution is 2.56. The molecule has 0 radical (unpaired) electrons. The van der Waals surface area contributed by atoms with Crippen molar-refractivity contribution in [2.24, 2.45) is 23.2 Å². The molecule has 1 N–H and O–H groups in total. The standard InChI is InChI=1S/C21H28N2O2/c1-14-5-3-7-21(2)10-19-16(9-18(14)21)17(20(24)25-19)13-23-12-15-6-4-8-22-11-15/h4,6,8,11,16-19,23H,1,3,5,7,9-10,12-13H2,2H3. The van der Waals surface area contributed by atoms with Crippen LogP contribution in [0.3, 0.4) is 0 Å². The van der Waals surface area contributed by atoms with E-state index in [1.165, 1.54) is 18.4 Å². The summed E-state index contributed by atoms with van der Waals surface area (Å²) in [4.78, 5) is 16.6. The first-order valence-electron chi connectivity index (χ1n) is 9.54. The van der Waals surface area contributed by atoms with Gasteiger partial charge in [0, 0.05) is 31.4 Å². The molecule has 25 heavy (non-hydrogen) atoms. The fourth-order valence-corrected chi connectivity index (χ4v) is 5.36. The topological polar surface area (TPSA) is 51.2 Å². The lowest BCUT2D eigenvalue weighted by Crippen LogP contribution is -2.45. The third-order valence-electron chi connectivity index (χ3n) is 6.74. The molecule has 3 aliphatic rings. The molecular weight excluding hydrogens is 312 g/mol. The number of hydrogen-bond acceptors (Lipinski definition) is 4. The van der Waals surface area contributed by atoms with Crippen molar-refractivity contribution in [3.8, 4) is 0 Å². The van der Waals surface area contributed by atoms with E-state index < -0.39 is 0 Å². The Kier molecular flexibility index (Phi) is 4.40. The Balaban J connectivity index is 1.42. The third-order valence-corrected chi connectivity index (χ3v) is 6.74. The molecule has 5 unspecified atom stereocenters. The fraction of sp³-hybridized carbons (Fsp3) is 0.619. The van der Waals surface area contributed by atoms with E-state index in [1.807, 2.05) is 18.3 Å². The van der Waals surface area contributed by atoms with Crippen LogP contribution in [0.25, 0.3) is 0 Å². The first-order chi connectivity index (χ1) is 12.1. The molecule has 1 saturated heterocycles. The Morgan fingerprint density at radius 3 is 3.16 bits per heavy atom. The lowest BCUT2D eigenvalue weighted by molar-refractivity contribution is -0.146. The van der Waals surface area contributed by atoms with Gasteiger partial charge in [-0.1, -0.05) is 25.1 Å². The van der Waals surface area contributed by atoms with Crippen LogP contribution in [0.4, 0.5) is 0 Å². The number of carbonyl (C=O) groups is 1. The molecule has 4 heteroatoms. The molecule has 1 aromatic heterocycles. The van der Waals surface area contributed by atoms with Gasteiger partial charge in [0.2, 0.25) is 0 Å². The molecule has 4 nitrogen and oxygen atoms in total. The van der Waals surface area contributed by atoms with Crippen molar-refractivity contribution in [2.75, 3.05) is 6.54 Å². The summed E-state index contributed by atoms with van der Waals surface area (Å²) in [7, 11) is 0. The molecule has 0 bridgehead atoms. The maximum absolute atomic E-state index is 12.5. The number of carbonyl (C=O) groups excluding carboxylic acids is 1. The summed E-state index contributed by atoms with van der Waals surface area (Å²) in [6.45, 7) is 8.15. The van der Waals surface area contributed by atoms with Gasteiger partial charge in [-0.15, -0.1) is 0 Å². The van der Waals surface area contributed by atoms with E-state index in [1.54, 1.807) is 6.20 Å².